The third-order valence-electron chi connectivity index (χ3n) is 4.72. The highest BCUT2D eigenvalue weighted by molar-refractivity contribution is 5.81. The van der Waals surface area contributed by atoms with E-state index in [9.17, 15) is 9.90 Å². The smallest absolute Gasteiger partial charge is 0.310 e. The van der Waals surface area contributed by atoms with Crippen molar-refractivity contribution in [3.05, 3.63) is 0 Å². The van der Waals surface area contributed by atoms with Crippen molar-refractivity contribution in [1.29, 1.82) is 0 Å². The summed E-state index contributed by atoms with van der Waals surface area (Å²) in [5, 5.41) is 9.30. The number of carbonyl (C=O) groups excluding carboxylic acids is 1. The maximum atomic E-state index is 11.3. The quantitative estimate of drug-likeness (QED) is 0.548. The van der Waals surface area contributed by atoms with E-state index in [2.05, 4.69) is 0 Å². The molecule has 6 bridgehead atoms. The topological polar surface area (TPSA) is 46.5 Å². The summed E-state index contributed by atoms with van der Waals surface area (Å²) in [5.41, 5.74) is 0.00463. The largest absolute Gasteiger partial charge is 0.461 e. The standard InChI is InChI=1S/C9H10O3/c10-2-9-4-1-3-5(9)8(11)12-7(3)6(4)9/h3-7,10H,1-2H2. The number of aliphatic hydroxyl groups excluding tert-OH is 1. The van der Waals surface area contributed by atoms with E-state index in [1.807, 2.05) is 0 Å². The summed E-state index contributed by atoms with van der Waals surface area (Å²) in [5.74, 6) is 1.67. The van der Waals surface area contributed by atoms with Crippen molar-refractivity contribution in [1.82, 2.24) is 0 Å². The van der Waals surface area contributed by atoms with Crippen molar-refractivity contribution < 1.29 is 14.6 Å². The minimum absolute atomic E-state index is 0.00463. The molecule has 64 valence electrons. The molecule has 12 heavy (non-hydrogen) atoms. The normalized spacial score (nSPS) is 68.8. The number of ether oxygens (including phenoxy) is 1. The van der Waals surface area contributed by atoms with Gasteiger partial charge in [-0.05, 0) is 12.3 Å². The van der Waals surface area contributed by atoms with Gasteiger partial charge in [0, 0.05) is 17.3 Å². The van der Waals surface area contributed by atoms with Gasteiger partial charge in [0.1, 0.15) is 6.10 Å². The first-order chi connectivity index (χ1) is 5.80. The van der Waals surface area contributed by atoms with E-state index < -0.39 is 0 Å². The summed E-state index contributed by atoms with van der Waals surface area (Å²) >= 11 is 0. The average Bonchev–Trinajstić information content (AvgIpc) is 2.46. The van der Waals surface area contributed by atoms with Crippen LogP contribution in [-0.4, -0.2) is 23.8 Å². The van der Waals surface area contributed by atoms with Gasteiger partial charge in [0.15, 0.2) is 0 Å². The first-order valence-electron chi connectivity index (χ1n) is 4.62. The highest BCUT2D eigenvalue weighted by Gasteiger charge is 2.88. The van der Waals surface area contributed by atoms with Gasteiger partial charge < -0.3 is 9.84 Å². The molecule has 0 spiro atoms. The summed E-state index contributed by atoms with van der Waals surface area (Å²) < 4.78 is 5.24. The van der Waals surface area contributed by atoms with Crippen molar-refractivity contribution in [3.63, 3.8) is 0 Å². The Bertz CT molecular complexity index is 300. The number of esters is 1. The van der Waals surface area contributed by atoms with Gasteiger partial charge in [-0.3, -0.25) is 4.79 Å². The van der Waals surface area contributed by atoms with Crippen LogP contribution in [0.15, 0.2) is 0 Å². The van der Waals surface area contributed by atoms with E-state index in [4.69, 9.17) is 4.74 Å². The Labute approximate surface area is 69.7 Å². The van der Waals surface area contributed by atoms with E-state index in [0.29, 0.717) is 17.8 Å². The number of hydrogen-bond acceptors (Lipinski definition) is 3. The van der Waals surface area contributed by atoms with Gasteiger partial charge in [0.25, 0.3) is 0 Å². The Hall–Kier alpha value is -0.570. The van der Waals surface area contributed by atoms with Crippen molar-refractivity contribution in [2.24, 2.45) is 29.1 Å². The Balaban J connectivity index is 1.93. The van der Waals surface area contributed by atoms with Gasteiger partial charge in [-0.1, -0.05) is 0 Å². The van der Waals surface area contributed by atoms with Crippen LogP contribution < -0.4 is 0 Å². The summed E-state index contributed by atoms with van der Waals surface area (Å²) in [7, 11) is 0. The van der Waals surface area contributed by atoms with Crippen molar-refractivity contribution >= 4 is 5.97 Å². The van der Waals surface area contributed by atoms with E-state index in [-0.39, 0.29) is 30.0 Å². The molecule has 1 saturated heterocycles. The molecular weight excluding hydrogens is 156 g/mol. The second kappa shape index (κ2) is 1.33. The van der Waals surface area contributed by atoms with E-state index >= 15 is 0 Å². The molecule has 5 aliphatic rings. The number of rotatable bonds is 1. The predicted molar refractivity (Wildman–Crippen MR) is 38.0 cm³/mol. The molecule has 0 aromatic rings. The van der Waals surface area contributed by atoms with Crippen molar-refractivity contribution in [3.8, 4) is 0 Å². The maximum Gasteiger partial charge on any atom is 0.310 e. The zero-order valence-electron chi connectivity index (χ0n) is 6.56. The molecule has 4 saturated carbocycles. The SMILES string of the molecule is O=C1OC2C3CC4C2C4(CO)C13. The first-order valence-corrected chi connectivity index (χ1v) is 4.62. The average molecular weight is 166 g/mol. The molecule has 0 amide bonds. The molecule has 1 N–H and O–H groups in total. The fourth-order valence-corrected chi connectivity index (χ4v) is 4.41. The van der Waals surface area contributed by atoms with E-state index in [0.717, 1.165) is 6.42 Å². The van der Waals surface area contributed by atoms with Crippen LogP contribution in [0.5, 0.6) is 0 Å². The van der Waals surface area contributed by atoms with Gasteiger partial charge >= 0.3 is 5.97 Å². The molecule has 1 heterocycles. The van der Waals surface area contributed by atoms with Crippen molar-refractivity contribution in [2.45, 2.75) is 12.5 Å². The third-order valence-corrected chi connectivity index (χ3v) is 4.72. The fourth-order valence-electron chi connectivity index (χ4n) is 4.41. The van der Waals surface area contributed by atoms with Gasteiger partial charge in [0.05, 0.1) is 12.5 Å². The van der Waals surface area contributed by atoms with Crippen LogP contribution in [-0.2, 0) is 9.53 Å². The lowest BCUT2D eigenvalue weighted by atomic mass is 9.91. The van der Waals surface area contributed by atoms with Crippen LogP contribution in [0.2, 0.25) is 0 Å². The van der Waals surface area contributed by atoms with Gasteiger partial charge in [-0.15, -0.1) is 0 Å². The molecule has 0 aromatic heterocycles. The fraction of sp³-hybridized carbons (Fsp3) is 0.889. The molecule has 1 aliphatic heterocycles. The van der Waals surface area contributed by atoms with E-state index in [1.54, 1.807) is 0 Å². The molecule has 5 rings (SSSR count). The third kappa shape index (κ3) is 0.311. The summed E-state index contributed by atoms with van der Waals surface area (Å²) in [6, 6.07) is 0. The first kappa shape index (κ1) is 5.97. The van der Waals surface area contributed by atoms with Gasteiger partial charge in [-0.25, -0.2) is 0 Å². The molecule has 3 nitrogen and oxygen atoms in total. The summed E-state index contributed by atoms with van der Waals surface area (Å²) in [6.07, 6.45) is 1.33. The lowest BCUT2D eigenvalue weighted by Crippen LogP contribution is -2.28. The Morgan fingerprint density at radius 2 is 2.50 bits per heavy atom. The van der Waals surface area contributed by atoms with E-state index in [1.165, 1.54) is 0 Å². The predicted octanol–water partition coefficient (Wildman–Crippen LogP) is -0.214. The maximum absolute atomic E-state index is 11.3. The lowest BCUT2D eigenvalue weighted by molar-refractivity contribution is -0.151. The minimum atomic E-state index is -0.0321. The summed E-state index contributed by atoms with van der Waals surface area (Å²) in [4.78, 5) is 11.3. The highest BCUT2D eigenvalue weighted by Crippen LogP contribution is 2.84. The summed E-state index contributed by atoms with van der Waals surface area (Å²) in [6.45, 7) is 0.203. The number of carbonyl (C=O) groups is 1. The zero-order valence-corrected chi connectivity index (χ0v) is 6.56. The number of hydrogen-bond donors (Lipinski definition) is 1. The molecule has 6 atom stereocenters. The molecule has 3 heteroatoms. The van der Waals surface area contributed by atoms with Crippen LogP contribution in [0.1, 0.15) is 6.42 Å². The molecule has 0 radical (unpaired) electrons. The van der Waals surface area contributed by atoms with Crippen molar-refractivity contribution in [2.75, 3.05) is 6.61 Å². The lowest BCUT2D eigenvalue weighted by Gasteiger charge is -2.18. The second-order valence-corrected chi connectivity index (χ2v) is 4.68. The number of aliphatic hydroxyl groups is 1. The van der Waals surface area contributed by atoms with Crippen LogP contribution in [0.4, 0.5) is 0 Å². The van der Waals surface area contributed by atoms with Gasteiger partial charge in [-0.2, -0.15) is 0 Å². The Morgan fingerprint density at radius 1 is 1.67 bits per heavy atom. The van der Waals surface area contributed by atoms with Gasteiger partial charge in [0.2, 0.25) is 0 Å². The monoisotopic (exact) mass is 166 g/mol. The molecular formula is C9H10O3. The Morgan fingerprint density at radius 3 is 3.08 bits per heavy atom. The van der Waals surface area contributed by atoms with Crippen LogP contribution in [0, 0.1) is 29.1 Å². The van der Waals surface area contributed by atoms with Crippen LogP contribution >= 0.6 is 0 Å². The molecule has 4 aliphatic carbocycles. The Kier molecular flexibility index (Phi) is 0.661. The highest BCUT2D eigenvalue weighted by atomic mass is 16.6. The minimum Gasteiger partial charge on any atom is -0.461 e. The molecule has 6 unspecified atom stereocenters. The van der Waals surface area contributed by atoms with Crippen LogP contribution in [0.25, 0.3) is 0 Å². The molecule has 0 aromatic carbocycles. The second-order valence-electron chi connectivity index (χ2n) is 4.68. The van der Waals surface area contributed by atoms with Crippen LogP contribution in [0.3, 0.4) is 0 Å². The zero-order chi connectivity index (χ0) is 8.09. The molecule has 5 fully saturated rings.